The molecule has 0 spiro atoms. The number of anilines is 1. The molecule has 1 N–H and O–H groups in total. The number of nitrogens with one attached hydrogen (secondary N) is 1. The number of ether oxygens (including phenoxy) is 1. The highest BCUT2D eigenvalue weighted by Gasteiger charge is 2.19. The Labute approximate surface area is 95.8 Å². The summed E-state index contributed by atoms with van der Waals surface area (Å²) in [5.74, 6) is 0.804. The Morgan fingerprint density at radius 3 is 3.00 bits per heavy atom. The molecule has 1 fully saturated rings. The molecule has 88 valence electrons. The van der Waals surface area contributed by atoms with Gasteiger partial charge in [0, 0.05) is 26.2 Å². The summed E-state index contributed by atoms with van der Waals surface area (Å²) in [6.07, 6.45) is 3.59. The summed E-state index contributed by atoms with van der Waals surface area (Å²) in [6.45, 7) is 5.61. The smallest absolute Gasteiger partial charge is 0.144 e. The zero-order valence-electron chi connectivity index (χ0n) is 9.81. The number of nitrogens with zero attached hydrogens (tertiary/aromatic N) is 3. The van der Waals surface area contributed by atoms with Crippen LogP contribution in [0.5, 0.6) is 0 Å². The second-order valence-corrected chi connectivity index (χ2v) is 4.04. The molecule has 2 heterocycles. The van der Waals surface area contributed by atoms with Gasteiger partial charge in [-0.05, 0) is 6.92 Å². The van der Waals surface area contributed by atoms with Crippen LogP contribution in [0, 0.1) is 0 Å². The van der Waals surface area contributed by atoms with Gasteiger partial charge in [-0.15, -0.1) is 0 Å². The van der Waals surface area contributed by atoms with Crippen LogP contribution < -0.4 is 5.32 Å². The molecule has 0 aliphatic carbocycles. The summed E-state index contributed by atoms with van der Waals surface area (Å²) < 4.78 is 5.40. The normalized spacial score (nSPS) is 22.0. The van der Waals surface area contributed by atoms with Crippen molar-refractivity contribution < 1.29 is 4.74 Å². The van der Waals surface area contributed by atoms with E-state index >= 15 is 0 Å². The minimum absolute atomic E-state index is 0.458. The lowest BCUT2D eigenvalue weighted by Crippen LogP contribution is -2.43. The summed E-state index contributed by atoms with van der Waals surface area (Å²) in [5.41, 5.74) is 1.01. The zero-order valence-corrected chi connectivity index (χ0v) is 9.81. The molecule has 0 radical (unpaired) electrons. The monoisotopic (exact) mass is 222 g/mol. The van der Waals surface area contributed by atoms with E-state index in [1.807, 2.05) is 13.2 Å². The zero-order chi connectivity index (χ0) is 11.4. The first-order chi connectivity index (χ1) is 7.79. The molecule has 0 amide bonds. The molecular formula is C11H18N4O. The summed E-state index contributed by atoms with van der Waals surface area (Å²) in [4.78, 5) is 11.0. The van der Waals surface area contributed by atoms with Gasteiger partial charge in [-0.1, -0.05) is 0 Å². The van der Waals surface area contributed by atoms with Crippen molar-refractivity contribution in [2.24, 2.45) is 0 Å². The molecule has 0 saturated carbocycles. The van der Waals surface area contributed by atoms with Crippen LogP contribution in [-0.4, -0.2) is 47.7 Å². The molecule has 2 rings (SSSR count). The molecule has 5 nitrogen and oxygen atoms in total. The lowest BCUT2D eigenvalue weighted by molar-refractivity contribution is -0.00495. The standard InChI is InChI=1S/C11H18N4O/c1-9-8-16-4-3-15(9)7-10-5-14-11(12-2)6-13-10/h5-6,9H,3-4,7-8H2,1-2H3,(H,12,14). The third-order valence-electron chi connectivity index (χ3n) is 2.83. The van der Waals surface area contributed by atoms with Gasteiger partial charge in [0.15, 0.2) is 0 Å². The summed E-state index contributed by atoms with van der Waals surface area (Å²) in [7, 11) is 1.84. The number of hydrogen-bond acceptors (Lipinski definition) is 5. The van der Waals surface area contributed by atoms with Crippen LogP contribution in [0.3, 0.4) is 0 Å². The highest BCUT2D eigenvalue weighted by molar-refractivity contribution is 5.29. The third kappa shape index (κ3) is 2.68. The predicted octanol–water partition coefficient (Wildman–Crippen LogP) is 0.739. The third-order valence-corrected chi connectivity index (χ3v) is 2.83. The molecule has 1 aromatic rings. The second-order valence-electron chi connectivity index (χ2n) is 4.04. The quantitative estimate of drug-likeness (QED) is 0.817. The predicted molar refractivity (Wildman–Crippen MR) is 62.3 cm³/mol. The topological polar surface area (TPSA) is 50.3 Å². The maximum atomic E-state index is 5.40. The fraction of sp³-hybridized carbons (Fsp3) is 0.636. The molecule has 5 heteroatoms. The Morgan fingerprint density at radius 1 is 1.50 bits per heavy atom. The lowest BCUT2D eigenvalue weighted by atomic mass is 10.2. The minimum atomic E-state index is 0.458. The number of rotatable bonds is 3. The van der Waals surface area contributed by atoms with Crippen LogP contribution in [-0.2, 0) is 11.3 Å². The fourth-order valence-corrected chi connectivity index (χ4v) is 1.77. The SMILES string of the molecule is CNc1cnc(CN2CCOCC2C)cn1. The molecule has 1 saturated heterocycles. The van der Waals surface area contributed by atoms with Crippen molar-refractivity contribution in [2.45, 2.75) is 19.5 Å². The van der Waals surface area contributed by atoms with Gasteiger partial charge in [0.25, 0.3) is 0 Å². The molecule has 0 bridgehead atoms. The molecule has 1 unspecified atom stereocenters. The van der Waals surface area contributed by atoms with E-state index in [1.54, 1.807) is 6.20 Å². The van der Waals surface area contributed by atoms with Gasteiger partial charge in [-0.3, -0.25) is 9.88 Å². The van der Waals surface area contributed by atoms with Crippen LogP contribution >= 0.6 is 0 Å². The first-order valence-electron chi connectivity index (χ1n) is 5.60. The maximum absolute atomic E-state index is 5.40. The fourth-order valence-electron chi connectivity index (χ4n) is 1.77. The molecular weight excluding hydrogens is 204 g/mol. The Hall–Kier alpha value is -1.20. The highest BCUT2D eigenvalue weighted by Crippen LogP contribution is 2.10. The van der Waals surface area contributed by atoms with Gasteiger partial charge in [-0.25, -0.2) is 4.98 Å². The molecule has 1 aliphatic rings. The van der Waals surface area contributed by atoms with Crippen LogP contribution in [0.15, 0.2) is 12.4 Å². The molecule has 1 aliphatic heterocycles. The van der Waals surface area contributed by atoms with Gasteiger partial charge in [0.2, 0.25) is 0 Å². The van der Waals surface area contributed by atoms with Crippen molar-refractivity contribution in [3.63, 3.8) is 0 Å². The van der Waals surface area contributed by atoms with Crippen molar-refractivity contribution in [1.82, 2.24) is 14.9 Å². The van der Waals surface area contributed by atoms with Crippen molar-refractivity contribution >= 4 is 5.82 Å². The van der Waals surface area contributed by atoms with Gasteiger partial charge >= 0.3 is 0 Å². The van der Waals surface area contributed by atoms with Crippen molar-refractivity contribution in [2.75, 3.05) is 32.1 Å². The molecule has 1 aromatic heterocycles. The Morgan fingerprint density at radius 2 is 2.38 bits per heavy atom. The highest BCUT2D eigenvalue weighted by atomic mass is 16.5. The Kier molecular flexibility index (Phi) is 3.69. The van der Waals surface area contributed by atoms with Crippen molar-refractivity contribution in [1.29, 1.82) is 0 Å². The average Bonchev–Trinajstić information content (AvgIpc) is 2.33. The van der Waals surface area contributed by atoms with Crippen LogP contribution in [0.25, 0.3) is 0 Å². The Bertz CT molecular complexity index is 327. The summed E-state index contributed by atoms with van der Waals surface area (Å²) >= 11 is 0. The van der Waals surface area contributed by atoms with E-state index in [-0.39, 0.29) is 0 Å². The van der Waals surface area contributed by atoms with E-state index in [0.29, 0.717) is 6.04 Å². The van der Waals surface area contributed by atoms with Gasteiger partial charge in [0.1, 0.15) is 5.82 Å². The van der Waals surface area contributed by atoms with E-state index in [2.05, 4.69) is 27.1 Å². The Balaban J connectivity index is 1.96. The van der Waals surface area contributed by atoms with E-state index in [9.17, 15) is 0 Å². The number of morpholine rings is 1. The molecule has 16 heavy (non-hydrogen) atoms. The summed E-state index contributed by atoms with van der Waals surface area (Å²) in [6, 6.07) is 0.458. The second kappa shape index (κ2) is 5.23. The molecule has 1 atom stereocenters. The first kappa shape index (κ1) is 11.3. The van der Waals surface area contributed by atoms with Gasteiger partial charge in [-0.2, -0.15) is 0 Å². The van der Waals surface area contributed by atoms with E-state index < -0.39 is 0 Å². The number of hydrogen-bond donors (Lipinski definition) is 1. The van der Waals surface area contributed by atoms with Gasteiger partial charge < -0.3 is 10.1 Å². The van der Waals surface area contributed by atoms with E-state index in [1.165, 1.54) is 0 Å². The first-order valence-corrected chi connectivity index (χ1v) is 5.60. The van der Waals surface area contributed by atoms with E-state index in [0.717, 1.165) is 37.8 Å². The molecule has 0 aromatic carbocycles. The number of aromatic nitrogens is 2. The van der Waals surface area contributed by atoms with Crippen molar-refractivity contribution in [3.8, 4) is 0 Å². The maximum Gasteiger partial charge on any atom is 0.144 e. The van der Waals surface area contributed by atoms with Crippen LogP contribution in [0.4, 0.5) is 5.82 Å². The van der Waals surface area contributed by atoms with Crippen LogP contribution in [0.2, 0.25) is 0 Å². The average molecular weight is 222 g/mol. The minimum Gasteiger partial charge on any atom is -0.379 e. The van der Waals surface area contributed by atoms with E-state index in [4.69, 9.17) is 4.74 Å². The lowest BCUT2D eigenvalue weighted by Gasteiger charge is -2.32. The van der Waals surface area contributed by atoms with Crippen LogP contribution in [0.1, 0.15) is 12.6 Å². The summed E-state index contributed by atoms with van der Waals surface area (Å²) in [5, 5.41) is 2.96. The van der Waals surface area contributed by atoms with Crippen molar-refractivity contribution in [3.05, 3.63) is 18.1 Å². The largest absolute Gasteiger partial charge is 0.379 e. The van der Waals surface area contributed by atoms with Gasteiger partial charge in [0.05, 0.1) is 31.3 Å².